The number of likely N-dealkylation sites (tertiary alicyclic amines) is 2. The molecule has 13 heteroatoms. The number of alkyl carbamates (subject to hydrolysis) is 1. The summed E-state index contributed by atoms with van der Waals surface area (Å²) in [6.45, 7) is 14.7. The van der Waals surface area contributed by atoms with Crippen molar-refractivity contribution in [3.05, 3.63) is 65.9 Å². The van der Waals surface area contributed by atoms with Crippen LogP contribution in [0.1, 0.15) is 97.0 Å². The van der Waals surface area contributed by atoms with Gasteiger partial charge >= 0.3 is 12.2 Å². The van der Waals surface area contributed by atoms with E-state index in [1.807, 2.05) is 38.7 Å². The normalized spacial score (nSPS) is 22.6. The minimum atomic E-state index is -0.925. The summed E-state index contributed by atoms with van der Waals surface area (Å²) in [5.74, 6) is 2.09. The number of nitrogens with one attached hydrogen (secondary N) is 3. The highest BCUT2D eigenvalue weighted by Gasteiger charge is 2.48. The number of carbonyl (C=O) groups excluding carboxylic acids is 2. The van der Waals surface area contributed by atoms with Crippen LogP contribution in [0.3, 0.4) is 0 Å². The van der Waals surface area contributed by atoms with E-state index >= 15 is 0 Å². The minimum absolute atomic E-state index is 0.0194. The van der Waals surface area contributed by atoms with E-state index in [0.29, 0.717) is 18.9 Å². The summed E-state index contributed by atoms with van der Waals surface area (Å²) in [5.41, 5.74) is 6.57. The number of methoxy groups -OCH3 is 1. The van der Waals surface area contributed by atoms with E-state index < -0.39 is 18.2 Å². The Labute approximate surface area is 326 Å². The minimum Gasteiger partial charge on any atom is -0.488 e. The van der Waals surface area contributed by atoms with E-state index in [1.54, 1.807) is 11.1 Å². The molecule has 2 aromatic heterocycles. The molecule has 0 bridgehead atoms. The molecule has 6 atom stereocenters. The Morgan fingerprint density at radius 2 is 1.77 bits per heavy atom. The van der Waals surface area contributed by atoms with Crippen LogP contribution in [-0.2, 0) is 16.1 Å². The predicted octanol–water partition coefficient (Wildman–Crippen LogP) is 8.57. The number of amides is 3. The van der Waals surface area contributed by atoms with Crippen molar-refractivity contribution >= 4 is 39.9 Å². The molecule has 56 heavy (non-hydrogen) atoms. The van der Waals surface area contributed by atoms with Crippen molar-refractivity contribution in [3.63, 3.8) is 0 Å². The number of fused-ring (bicyclic) bond motifs is 6. The van der Waals surface area contributed by atoms with Crippen LogP contribution in [0.4, 0.5) is 9.59 Å². The number of carbonyl (C=O) groups is 3. The molecule has 2 fully saturated rings. The van der Waals surface area contributed by atoms with Gasteiger partial charge in [0.05, 0.1) is 42.1 Å². The molecule has 13 nitrogen and oxygen atoms in total. The Morgan fingerprint density at radius 3 is 2.48 bits per heavy atom. The molecular weight excluding hydrogens is 711 g/mol. The maximum Gasteiger partial charge on any atom is 0.408 e. The zero-order valence-corrected chi connectivity index (χ0v) is 33.3. The second kappa shape index (κ2) is 13.9. The molecule has 3 amide bonds. The van der Waals surface area contributed by atoms with Crippen LogP contribution in [0.15, 0.2) is 48.7 Å². The summed E-state index contributed by atoms with van der Waals surface area (Å²) < 4.78 is 11.2. The Balaban J connectivity index is 1.07. The lowest BCUT2D eigenvalue weighted by Crippen LogP contribution is -2.52. The fourth-order valence-electron chi connectivity index (χ4n) is 9.42. The lowest BCUT2D eigenvalue weighted by Gasteiger charge is -2.32. The maximum atomic E-state index is 13.9. The number of imidazole rings is 2. The molecule has 0 spiro atoms. The SMILES string of the molecule is COC(=O)N[C@H](C(=O)N1C(C)CC[C@H]1c1nc2c(ccc3cc4c(cc32)OCc2cc(-c3cnc([C@@H]5C[C@@H](C(C)(C)C)C(C)N5C(=O)O)[nH]3)ccc2-4)[nH]1)C(C)C. The van der Waals surface area contributed by atoms with Crippen molar-refractivity contribution < 1.29 is 29.0 Å². The first-order chi connectivity index (χ1) is 26.6. The van der Waals surface area contributed by atoms with Gasteiger partial charge in [-0.15, -0.1) is 0 Å². The number of benzene rings is 3. The van der Waals surface area contributed by atoms with E-state index in [-0.39, 0.29) is 47.3 Å². The van der Waals surface area contributed by atoms with Gasteiger partial charge in [-0.05, 0) is 96.7 Å². The van der Waals surface area contributed by atoms with Crippen molar-refractivity contribution in [3.8, 4) is 28.1 Å². The zero-order valence-electron chi connectivity index (χ0n) is 33.3. The van der Waals surface area contributed by atoms with Gasteiger partial charge in [0.1, 0.15) is 30.0 Å². The first-order valence-electron chi connectivity index (χ1n) is 19.6. The van der Waals surface area contributed by atoms with E-state index in [1.165, 1.54) is 7.11 Å². The topological polar surface area (TPSA) is 166 Å². The van der Waals surface area contributed by atoms with Crippen molar-refractivity contribution in [2.24, 2.45) is 17.3 Å². The molecule has 8 rings (SSSR count). The van der Waals surface area contributed by atoms with Crippen molar-refractivity contribution in [2.45, 2.75) is 105 Å². The Kier molecular flexibility index (Phi) is 9.24. The Hall–Kier alpha value is -5.59. The Bertz CT molecular complexity index is 2360. The first-order valence-corrected chi connectivity index (χ1v) is 19.6. The summed E-state index contributed by atoms with van der Waals surface area (Å²) in [5, 5.41) is 14.8. The molecule has 5 aromatic rings. The van der Waals surface area contributed by atoms with Gasteiger partial charge in [-0.1, -0.05) is 52.8 Å². The molecule has 0 saturated carbocycles. The van der Waals surface area contributed by atoms with Gasteiger partial charge in [-0.3, -0.25) is 9.69 Å². The van der Waals surface area contributed by atoms with Crippen LogP contribution in [0.2, 0.25) is 0 Å². The second-order valence-corrected chi connectivity index (χ2v) is 17.2. The lowest BCUT2D eigenvalue weighted by molar-refractivity contribution is -0.137. The average molecular weight is 762 g/mol. The highest BCUT2D eigenvalue weighted by molar-refractivity contribution is 6.07. The molecule has 3 aliphatic rings. The van der Waals surface area contributed by atoms with Gasteiger partial charge in [-0.25, -0.2) is 19.6 Å². The van der Waals surface area contributed by atoms with Crippen LogP contribution in [-0.4, -0.2) is 78.2 Å². The summed E-state index contributed by atoms with van der Waals surface area (Å²) in [6, 6.07) is 13.2. The third-order valence-electron chi connectivity index (χ3n) is 12.4. The average Bonchev–Trinajstić information content (AvgIpc) is 3.96. The summed E-state index contributed by atoms with van der Waals surface area (Å²) >= 11 is 0. The van der Waals surface area contributed by atoms with Crippen molar-refractivity contribution in [1.29, 1.82) is 0 Å². The van der Waals surface area contributed by atoms with Crippen LogP contribution < -0.4 is 10.1 Å². The fraction of sp³-hybridized carbons (Fsp3) is 0.465. The molecule has 0 aliphatic carbocycles. The van der Waals surface area contributed by atoms with Crippen LogP contribution in [0.25, 0.3) is 44.2 Å². The molecule has 5 heterocycles. The molecular formula is C43H51N7O6. The third-order valence-corrected chi connectivity index (χ3v) is 12.4. The van der Waals surface area contributed by atoms with E-state index in [9.17, 15) is 19.5 Å². The number of aromatic nitrogens is 4. The molecule has 0 radical (unpaired) electrons. The van der Waals surface area contributed by atoms with Gasteiger partial charge in [0.15, 0.2) is 0 Å². The van der Waals surface area contributed by atoms with Crippen molar-refractivity contribution in [2.75, 3.05) is 7.11 Å². The highest BCUT2D eigenvalue weighted by atomic mass is 16.5. The van der Waals surface area contributed by atoms with Crippen LogP contribution >= 0.6 is 0 Å². The zero-order chi connectivity index (χ0) is 39.8. The molecule has 2 unspecified atom stereocenters. The molecule has 2 saturated heterocycles. The number of ether oxygens (including phenoxy) is 2. The Morgan fingerprint density at radius 1 is 0.982 bits per heavy atom. The van der Waals surface area contributed by atoms with Gasteiger partial charge < -0.3 is 34.8 Å². The van der Waals surface area contributed by atoms with Gasteiger partial charge in [0.2, 0.25) is 5.91 Å². The maximum absolute atomic E-state index is 13.9. The largest absolute Gasteiger partial charge is 0.488 e. The van der Waals surface area contributed by atoms with E-state index in [2.05, 4.69) is 72.5 Å². The number of H-pyrrole nitrogens is 2. The number of carboxylic acid groups (broad SMARTS) is 1. The van der Waals surface area contributed by atoms with Crippen molar-refractivity contribution in [1.82, 2.24) is 35.1 Å². The second-order valence-electron chi connectivity index (χ2n) is 17.2. The van der Waals surface area contributed by atoms with Gasteiger partial charge in [0.25, 0.3) is 0 Å². The smallest absolute Gasteiger partial charge is 0.408 e. The number of nitrogens with zero attached hydrogens (tertiary/aromatic N) is 4. The predicted molar refractivity (Wildman–Crippen MR) is 213 cm³/mol. The summed E-state index contributed by atoms with van der Waals surface area (Å²) in [7, 11) is 1.30. The number of rotatable bonds is 6. The first kappa shape index (κ1) is 37.3. The number of hydrogen-bond acceptors (Lipinski definition) is 7. The number of hydrogen-bond donors (Lipinski definition) is 4. The van der Waals surface area contributed by atoms with Gasteiger partial charge in [0, 0.05) is 23.0 Å². The molecule has 3 aliphatic heterocycles. The fourth-order valence-corrected chi connectivity index (χ4v) is 9.42. The third kappa shape index (κ3) is 6.30. The van der Waals surface area contributed by atoms with E-state index in [4.69, 9.17) is 19.4 Å². The van der Waals surface area contributed by atoms with Gasteiger partial charge in [-0.2, -0.15) is 0 Å². The number of aromatic amines is 2. The van der Waals surface area contributed by atoms with Crippen LogP contribution in [0.5, 0.6) is 5.75 Å². The molecule has 3 aromatic carbocycles. The van der Waals surface area contributed by atoms with E-state index in [0.717, 1.165) is 74.2 Å². The molecule has 294 valence electrons. The summed E-state index contributed by atoms with van der Waals surface area (Å²) in [6.07, 6.45) is 2.53. The van der Waals surface area contributed by atoms with Crippen LogP contribution in [0, 0.1) is 17.3 Å². The summed E-state index contributed by atoms with van der Waals surface area (Å²) in [4.78, 5) is 58.6. The highest BCUT2D eigenvalue weighted by Crippen LogP contribution is 2.48. The monoisotopic (exact) mass is 761 g/mol. The standard InChI is InChI=1S/C43H51N7O6/c1-21(2)36(48-41(52)55-8)40(51)49-22(3)9-14-33(49)39-45-31-13-11-24-16-29-27-12-10-25(15-26(27)20-56-35(29)17-28(24)37(31)47-39)32-19-44-38(46-32)34-18-30(43(5,6)7)23(4)50(34)42(53)54/h10-13,15-17,19,21-23,30,33-34,36H,9,14,18,20H2,1-8H3,(H,44,46)(H,45,47)(H,48,52)(H,53,54)/t22?,23?,30-,33+,34+,36+/m1/s1. The quantitative estimate of drug-likeness (QED) is 0.134. The molecule has 4 N–H and O–H groups in total. The lowest BCUT2D eigenvalue weighted by atomic mass is 9.76.